The second-order valence-corrected chi connectivity index (χ2v) is 5.25. The Morgan fingerprint density at radius 1 is 1.29 bits per heavy atom. The Morgan fingerprint density at radius 2 is 2.14 bits per heavy atom. The molecule has 7 nitrogen and oxygen atoms in total. The number of carbonyl (C=O) groups excluding carboxylic acids is 2. The average molecular weight is 308 g/mol. The molecule has 1 atom stereocenters. The topological polar surface area (TPSA) is 88.9 Å². The van der Waals surface area contributed by atoms with Crippen LogP contribution in [0.1, 0.15) is 19.3 Å². The lowest BCUT2D eigenvalue weighted by Gasteiger charge is -2.11. The van der Waals surface area contributed by atoms with Crippen LogP contribution in [0.3, 0.4) is 0 Å². The van der Waals surface area contributed by atoms with Crippen molar-refractivity contribution in [1.29, 1.82) is 0 Å². The molecule has 0 radical (unpaired) electrons. The van der Waals surface area contributed by atoms with E-state index in [9.17, 15) is 9.59 Å². The minimum absolute atomic E-state index is 0.246. The second-order valence-electron chi connectivity index (χ2n) is 4.91. The van der Waals surface area contributed by atoms with Crippen molar-refractivity contribution in [3.63, 3.8) is 0 Å². The molecule has 3 aliphatic heterocycles. The number of aromatic nitrogens is 3. The highest BCUT2D eigenvalue weighted by molar-refractivity contribution is 6.28. The van der Waals surface area contributed by atoms with E-state index in [2.05, 4.69) is 20.6 Å². The first kappa shape index (κ1) is 13.8. The minimum Gasteiger partial charge on any atom is -0.331 e. The second kappa shape index (κ2) is 5.69. The Balaban J connectivity index is 1.53. The first-order chi connectivity index (χ1) is 10.1. The Kier molecular flexibility index (Phi) is 3.74. The van der Waals surface area contributed by atoms with Crippen LogP contribution in [-0.2, 0) is 11.3 Å². The molecule has 3 heterocycles. The van der Waals surface area contributed by atoms with E-state index in [-0.39, 0.29) is 11.2 Å². The van der Waals surface area contributed by atoms with Gasteiger partial charge in [0.05, 0.1) is 0 Å². The molecule has 2 N–H and O–H groups in total. The molecule has 0 unspecified atom stereocenters. The van der Waals surface area contributed by atoms with Gasteiger partial charge in [-0.1, -0.05) is 0 Å². The van der Waals surface area contributed by atoms with Gasteiger partial charge in [-0.3, -0.25) is 10.1 Å². The number of unbranched alkanes of at least 4 members (excludes halogenated alkanes) is 1. The highest BCUT2D eigenvalue weighted by Crippen LogP contribution is 2.21. The fraction of sp³-hybridized carbons (Fsp3) is 0.385. The summed E-state index contributed by atoms with van der Waals surface area (Å²) >= 11 is 5.81. The smallest absolute Gasteiger partial charge is 0.322 e. The summed E-state index contributed by atoms with van der Waals surface area (Å²) in [4.78, 5) is 30.7. The highest BCUT2D eigenvalue weighted by atomic mass is 35.5. The van der Waals surface area contributed by atoms with E-state index in [4.69, 9.17) is 11.6 Å². The quantitative estimate of drug-likeness (QED) is 0.646. The van der Waals surface area contributed by atoms with Crippen LogP contribution in [0.4, 0.5) is 4.79 Å². The molecule has 0 aromatic heterocycles. The third-order valence-electron chi connectivity index (χ3n) is 3.43. The molecule has 0 aliphatic carbocycles. The molecular formula is C13H14ClN5O2. The Hall–Kier alpha value is -2.15. The zero-order valence-corrected chi connectivity index (χ0v) is 11.9. The first-order valence-corrected chi connectivity index (χ1v) is 7.11. The van der Waals surface area contributed by atoms with Crippen LogP contribution >= 0.6 is 11.6 Å². The van der Waals surface area contributed by atoms with Crippen molar-refractivity contribution in [3.8, 4) is 11.5 Å². The number of carbonyl (C=O) groups is 2. The number of hydrogen-bond donors (Lipinski definition) is 2. The standard InChI is InChI=1S/C13H14ClN5O2/c14-12-15-8-5-3-7-19(10(8)17-12)6-2-1-4-9-11(20)18-13(21)16-9/h3,5,7,9H,1-2,4,6H2,(H2,16,18,20,21)/t9-/m0/s1. The zero-order chi connectivity index (χ0) is 14.8. The Bertz CT molecular complexity index is 656. The SMILES string of the molecule is O=C1NC(=O)[C@H](CCCCn2cccc3nc(Cl)nc2-3)N1. The number of amides is 3. The summed E-state index contributed by atoms with van der Waals surface area (Å²) in [6, 6.07) is 2.94. The summed E-state index contributed by atoms with van der Waals surface area (Å²) in [5, 5.41) is 5.06. The number of fused-ring (bicyclic) bond motifs is 1. The van der Waals surface area contributed by atoms with Crippen LogP contribution in [-0.4, -0.2) is 32.5 Å². The molecule has 3 rings (SSSR count). The molecule has 0 bridgehead atoms. The molecule has 0 saturated carbocycles. The van der Waals surface area contributed by atoms with Crippen LogP contribution in [0, 0.1) is 0 Å². The number of nitrogens with zero attached hydrogens (tertiary/aromatic N) is 3. The number of imidazole rings is 1. The fourth-order valence-electron chi connectivity index (χ4n) is 2.42. The molecule has 110 valence electrons. The fourth-order valence-corrected chi connectivity index (χ4v) is 2.60. The van der Waals surface area contributed by atoms with Crippen molar-refractivity contribution in [2.45, 2.75) is 31.8 Å². The van der Waals surface area contributed by atoms with Crippen LogP contribution in [0.25, 0.3) is 11.5 Å². The van der Waals surface area contributed by atoms with Crippen LogP contribution in [0.2, 0.25) is 5.28 Å². The van der Waals surface area contributed by atoms with Gasteiger partial charge in [-0.05, 0) is 43.0 Å². The lowest BCUT2D eigenvalue weighted by Crippen LogP contribution is -2.28. The number of aryl methyl sites for hydroxylation is 1. The number of rotatable bonds is 5. The maximum Gasteiger partial charge on any atom is 0.322 e. The van der Waals surface area contributed by atoms with E-state index in [1.165, 1.54) is 0 Å². The van der Waals surface area contributed by atoms with Gasteiger partial charge in [-0.15, -0.1) is 0 Å². The van der Waals surface area contributed by atoms with Crippen LogP contribution in [0.15, 0.2) is 18.3 Å². The number of urea groups is 1. The largest absolute Gasteiger partial charge is 0.331 e. The Labute approximate surface area is 126 Å². The zero-order valence-electron chi connectivity index (χ0n) is 11.2. The number of hydrogen-bond acceptors (Lipinski definition) is 4. The van der Waals surface area contributed by atoms with Crippen molar-refractivity contribution in [2.24, 2.45) is 0 Å². The number of halogens is 1. The molecule has 8 heteroatoms. The monoisotopic (exact) mass is 307 g/mol. The summed E-state index contributed by atoms with van der Waals surface area (Å²) < 4.78 is 1.99. The first-order valence-electron chi connectivity index (χ1n) is 6.73. The van der Waals surface area contributed by atoms with Gasteiger partial charge in [0.2, 0.25) is 5.28 Å². The van der Waals surface area contributed by atoms with E-state index < -0.39 is 12.1 Å². The van der Waals surface area contributed by atoms with E-state index >= 15 is 0 Å². The van der Waals surface area contributed by atoms with Gasteiger partial charge in [0, 0.05) is 12.7 Å². The third-order valence-corrected chi connectivity index (χ3v) is 3.60. The maximum absolute atomic E-state index is 11.4. The number of pyridine rings is 1. The van der Waals surface area contributed by atoms with Gasteiger partial charge in [0.25, 0.3) is 5.91 Å². The molecule has 21 heavy (non-hydrogen) atoms. The summed E-state index contributed by atoms with van der Waals surface area (Å²) in [5.41, 5.74) is 0.768. The van der Waals surface area contributed by atoms with E-state index in [0.717, 1.165) is 30.9 Å². The number of imide groups is 1. The van der Waals surface area contributed by atoms with E-state index in [0.29, 0.717) is 6.42 Å². The molecule has 0 spiro atoms. The predicted molar refractivity (Wildman–Crippen MR) is 76.0 cm³/mol. The molecule has 3 amide bonds. The van der Waals surface area contributed by atoms with Gasteiger partial charge < -0.3 is 9.88 Å². The third kappa shape index (κ3) is 2.97. The molecule has 0 aromatic carbocycles. The summed E-state index contributed by atoms with van der Waals surface area (Å²) in [6.45, 7) is 0.759. The summed E-state index contributed by atoms with van der Waals surface area (Å²) in [5.74, 6) is 0.512. The molecular weight excluding hydrogens is 294 g/mol. The summed E-state index contributed by atoms with van der Waals surface area (Å²) in [6.07, 6.45) is 4.25. The van der Waals surface area contributed by atoms with Gasteiger partial charge >= 0.3 is 6.03 Å². The van der Waals surface area contributed by atoms with Gasteiger partial charge in [-0.25, -0.2) is 9.78 Å². The van der Waals surface area contributed by atoms with Gasteiger partial charge in [0.15, 0.2) is 5.82 Å². The molecule has 0 aromatic rings. The van der Waals surface area contributed by atoms with Gasteiger partial charge in [0.1, 0.15) is 11.7 Å². The molecule has 1 fully saturated rings. The average Bonchev–Trinajstić information content (AvgIpc) is 2.96. The van der Waals surface area contributed by atoms with Gasteiger partial charge in [-0.2, -0.15) is 4.98 Å². The number of nitrogens with one attached hydrogen (secondary N) is 2. The van der Waals surface area contributed by atoms with Crippen molar-refractivity contribution < 1.29 is 9.59 Å². The minimum atomic E-state index is -0.411. The Morgan fingerprint density at radius 3 is 2.90 bits per heavy atom. The molecule has 3 aliphatic rings. The van der Waals surface area contributed by atoms with Crippen molar-refractivity contribution in [2.75, 3.05) is 0 Å². The van der Waals surface area contributed by atoms with Crippen molar-refractivity contribution >= 4 is 23.5 Å². The van der Waals surface area contributed by atoms with E-state index in [1.54, 1.807) is 0 Å². The summed E-state index contributed by atoms with van der Waals surface area (Å²) in [7, 11) is 0. The molecule has 1 saturated heterocycles. The van der Waals surface area contributed by atoms with Crippen molar-refractivity contribution in [3.05, 3.63) is 23.6 Å². The normalized spacial score (nSPS) is 18.0. The highest BCUT2D eigenvalue weighted by Gasteiger charge is 2.28. The lowest BCUT2D eigenvalue weighted by molar-refractivity contribution is -0.120. The maximum atomic E-state index is 11.4. The van der Waals surface area contributed by atoms with Crippen LogP contribution in [0.5, 0.6) is 0 Å². The van der Waals surface area contributed by atoms with Crippen LogP contribution < -0.4 is 10.6 Å². The lowest BCUT2D eigenvalue weighted by atomic mass is 10.1. The predicted octanol–water partition coefficient (Wildman–Crippen LogP) is 1.41. The van der Waals surface area contributed by atoms with Crippen molar-refractivity contribution in [1.82, 2.24) is 25.2 Å². The van der Waals surface area contributed by atoms with E-state index in [1.807, 2.05) is 22.9 Å².